The molecule has 0 unspecified atom stereocenters. The van der Waals surface area contributed by atoms with Crippen molar-refractivity contribution in [3.63, 3.8) is 0 Å². The van der Waals surface area contributed by atoms with E-state index in [0.717, 1.165) is 33.6 Å². The van der Waals surface area contributed by atoms with Crippen LogP contribution in [0.15, 0.2) is 35.5 Å². The number of aromatic nitrogens is 4. The number of benzene rings is 2. The summed E-state index contributed by atoms with van der Waals surface area (Å²) in [6.07, 6.45) is 0. The second-order valence-electron chi connectivity index (χ2n) is 7.14. The Labute approximate surface area is 169 Å². The second-order valence-corrected chi connectivity index (χ2v) is 8.44. The van der Waals surface area contributed by atoms with Crippen LogP contribution in [0.25, 0.3) is 5.69 Å². The van der Waals surface area contributed by atoms with Gasteiger partial charge in [-0.15, -0.1) is 5.10 Å². The Kier molecular flexibility index (Phi) is 5.84. The number of carbonyl (C=O) groups excluding carboxylic acids is 1. The van der Waals surface area contributed by atoms with Crippen LogP contribution < -0.4 is 5.32 Å². The number of tetrazole rings is 1. The largest absolute Gasteiger partial charge is 0.325 e. The van der Waals surface area contributed by atoms with Gasteiger partial charge in [0.25, 0.3) is 0 Å². The highest BCUT2D eigenvalue weighted by atomic mass is 32.2. The molecule has 0 aliphatic rings. The molecule has 1 N–H and O–H groups in total. The highest BCUT2D eigenvalue weighted by Crippen LogP contribution is 2.28. The zero-order chi connectivity index (χ0) is 20.4. The number of nitrogens with one attached hydrogen (secondary N) is 1. The van der Waals surface area contributed by atoms with Crippen LogP contribution in [0.5, 0.6) is 0 Å². The number of carbonyl (C=O) groups is 1. The normalized spacial score (nSPS) is 12.1. The van der Waals surface area contributed by atoms with E-state index < -0.39 is 0 Å². The molecule has 0 spiro atoms. The van der Waals surface area contributed by atoms with Crippen LogP contribution in [0.1, 0.15) is 34.7 Å². The van der Waals surface area contributed by atoms with Crippen molar-refractivity contribution in [3.05, 3.63) is 58.1 Å². The summed E-state index contributed by atoms with van der Waals surface area (Å²) in [6, 6.07) is 10.2. The molecule has 2 aromatic carbocycles. The van der Waals surface area contributed by atoms with E-state index >= 15 is 0 Å². The van der Waals surface area contributed by atoms with Crippen molar-refractivity contribution in [2.24, 2.45) is 0 Å². The molecule has 0 saturated carbocycles. The molecule has 3 rings (SSSR count). The quantitative estimate of drug-likeness (QED) is 0.651. The van der Waals surface area contributed by atoms with Crippen molar-refractivity contribution in [1.29, 1.82) is 0 Å². The van der Waals surface area contributed by atoms with Crippen LogP contribution in [-0.2, 0) is 4.79 Å². The number of anilines is 1. The lowest BCUT2D eigenvalue weighted by Gasteiger charge is -2.16. The lowest BCUT2D eigenvalue weighted by molar-refractivity contribution is -0.115. The molecular formula is C21H25N5OS. The fraction of sp³-hybridized carbons (Fsp3) is 0.333. The number of thioether (sulfide) groups is 1. The predicted molar refractivity (Wildman–Crippen MR) is 113 cm³/mol. The first-order valence-corrected chi connectivity index (χ1v) is 10.1. The summed E-state index contributed by atoms with van der Waals surface area (Å²) in [5.41, 5.74) is 7.29. The van der Waals surface area contributed by atoms with Crippen molar-refractivity contribution in [1.82, 2.24) is 20.2 Å². The molecule has 146 valence electrons. The van der Waals surface area contributed by atoms with Crippen LogP contribution in [-0.4, -0.2) is 31.4 Å². The summed E-state index contributed by atoms with van der Waals surface area (Å²) in [5.74, 6) is -0.0730. The van der Waals surface area contributed by atoms with Crippen LogP contribution in [0.4, 0.5) is 5.69 Å². The monoisotopic (exact) mass is 395 g/mol. The standard InChI is InChI=1S/C21H25N5OS/c1-12-10-15(4)18(16(5)11-12)22-20(27)17(6)28-21-23-24-25-26(21)19-13(2)8-7-9-14(19)3/h7-11,17H,1-6H3,(H,22,27)/t17-/m1/s1. The Morgan fingerprint density at radius 2 is 1.64 bits per heavy atom. The third kappa shape index (κ3) is 4.09. The van der Waals surface area contributed by atoms with Gasteiger partial charge < -0.3 is 5.32 Å². The number of nitrogens with zero attached hydrogens (tertiary/aromatic N) is 4. The first-order valence-electron chi connectivity index (χ1n) is 9.18. The second kappa shape index (κ2) is 8.14. The van der Waals surface area contributed by atoms with E-state index in [1.165, 1.54) is 17.3 Å². The molecule has 28 heavy (non-hydrogen) atoms. The molecule has 0 bridgehead atoms. The summed E-state index contributed by atoms with van der Waals surface area (Å²) in [6.45, 7) is 12.0. The SMILES string of the molecule is Cc1cc(C)c(NC(=O)[C@@H](C)Sc2nnnn2-c2c(C)cccc2C)c(C)c1. The van der Waals surface area contributed by atoms with Crippen molar-refractivity contribution < 1.29 is 4.79 Å². The smallest absolute Gasteiger partial charge is 0.237 e. The highest BCUT2D eigenvalue weighted by molar-refractivity contribution is 8.00. The molecule has 1 atom stereocenters. The minimum Gasteiger partial charge on any atom is -0.325 e. The third-order valence-electron chi connectivity index (χ3n) is 4.67. The number of hydrogen-bond acceptors (Lipinski definition) is 5. The zero-order valence-electron chi connectivity index (χ0n) is 17.1. The minimum absolute atomic E-state index is 0.0730. The van der Waals surface area contributed by atoms with Crippen molar-refractivity contribution >= 4 is 23.4 Å². The number of amides is 1. The average molecular weight is 396 g/mol. The molecule has 0 aliphatic heterocycles. The Morgan fingerprint density at radius 1 is 1.04 bits per heavy atom. The van der Waals surface area contributed by atoms with Gasteiger partial charge in [-0.1, -0.05) is 47.7 Å². The molecule has 1 heterocycles. The van der Waals surface area contributed by atoms with Gasteiger partial charge in [0.1, 0.15) is 0 Å². The highest BCUT2D eigenvalue weighted by Gasteiger charge is 2.21. The van der Waals surface area contributed by atoms with Gasteiger partial charge in [-0.25, -0.2) is 0 Å². The fourth-order valence-corrected chi connectivity index (χ4v) is 4.14. The van der Waals surface area contributed by atoms with Crippen molar-refractivity contribution in [3.8, 4) is 5.69 Å². The van der Waals surface area contributed by atoms with Crippen LogP contribution in [0.2, 0.25) is 0 Å². The van der Waals surface area contributed by atoms with Gasteiger partial charge in [0.2, 0.25) is 11.1 Å². The summed E-state index contributed by atoms with van der Waals surface area (Å²) in [4.78, 5) is 12.8. The Hall–Kier alpha value is -2.67. The third-order valence-corrected chi connectivity index (χ3v) is 5.70. The fourth-order valence-electron chi connectivity index (χ4n) is 3.35. The first kappa shape index (κ1) is 20.1. The lowest BCUT2D eigenvalue weighted by Crippen LogP contribution is -2.24. The van der Waals surface area contributed by atoms with Gasteiger partial charge in [0, 0.05) is 5.69 Å². The maximum Gasteiger partial charge on any atom is 0.237 e. The molecule has 7 heteroatoms. The van der Waals surface area contributed by atoms with E-state index in [1.54, 1.807) is 4.68 Å². The molecule has 1 amide bonds. The molecule has 0 fully saturated rings. The van der Waals surface area contributed by atoms with Crippen LogP contribution >= 0.6 is 11.8 Å². The number of hydrogen-bond donors (Lipinski definition) is 1. The summed E-state index contributed by atoms with van der Waals surface area (Å²) in [7, 11) is 0. The molecule has 0 saturated heterocycles. The lowest BCUT2D eigenvalue weighted by atomic mass is 10.1. The van der Waals surface area contributed by atoms with Gasteiger partial charge >= 0.3 is 0 Å². The molecule has 1 aromatic heterocycles. The van der Waals surface area contributed by atoms with E-state index in [4.69, 9.17) is 0 Å². The van der Waals surface area contributed by atoms with E-state index in [9.17, 15) is 4.79 Å². The predicted octanol–water partition coefficient (Wildman–Crippen LogP) is 4.32. The molecule has 0 aliphatic carbocycles. The first-order chi connectivity index (χ1) is 13.3. The number of para-hydroxylation sites is 1. The van der Waals surface area contributed by atoms with Crippen LogP contribution in [0.3, 0.4) is 0 Å². The van der Waals surface area contributed by atoms with Gasteiger partial charge in [-0.05, 0) is 74.2 Å². The van der Waals surface area contributed by atoms with Crippen molar-refractivity contribution in [2.75, 3.05) is 5.32 Å². The van der Waals surface area contributed by atoms with Gasteiger partial charge in [-0.3, -0.25) is 4.79 Å². The van der Waals surface area contributed by atoms with Crippen LogP contribution in [0, 0.1) is 34.6 Å². The summed E-state index contributed by atoms with van der Waals surface area (Å²) in [5, 5.41) is 15.4. The maximum absolute atomic E-state index is 12.8. The number of aryl methyl sites for hydroxylation is 5. The van der Waals surface area contributed by atoms with Gasteiger partial charge in [0.15, 0.2) is 0 Å². The Bertz CT molecular complexity index is 984. The van der Waals surface area contributed by atoms with E-state index in [2.05, 4.69) is 39.9 Å². The van der Waals surface area contributed by atoms with E-state index in [0.29, 0.717) is 5.16 Å². The van der Waals surface area contributed by atoms with E-state index in [1.807, 2.05) is 52.8 Å². The molecular weight excluding hydrogens is 370 g/mol. The summed E-state index contributed by atoms with van der Waals surface area (Å²) >= 11 is 1.35. The molecule has 6 nitrogen and oxygen atoms in total. The molecule has 3 aromatic rings. The summed E-state index contributed by atoms with van der Waals surface area (Å²) < 4.78 is 1.71. The topological polar surface area (TPSA) is 72.7 Å². The number of rotatable bonds is 5. The van der Waals surface area contributed by atoms with Gasteiger partial charge in [-0.2, -0.15) is 4.68 Å². The van der Waals surface area contributed by atoms with E-state index in [-0.39, 0.29) is 11.2 Å². The maximum atomic E-state index is 12.8. The van der Waals surface area contributed by atoms with Crippen molar-refractivity contribution in [2.45, 2.75) is 51.9 Å². The Balaban J connectivity index is 1.81. The molecule has 0 radical (unpaired) electrons. The van der Waals surface area contributed by atoms with Gasteiger partial charge in [0.05, 0.1) is 10.9 Å². The Morgan fingerprint density at radius 3 is 2.25 bits per heavy atom. The zero-order valence-corrected chi connectivity index (χ0v) is 17.9. The minimum atomic E-state index is -0.353. The average Bonchev–Trinajstić information content (AvgIpc) is 3.05.